The van der Waals surface area contributed by atoms with Crippen LogP contribution < -0.4 is 5.32 Å². The summed E-state index contributed by atoms with van der Waals surface area (Å²) in [6.45, 7) is 0. The van der Waals surface area contributed by atoms with Crippen molar-refractivity contribution in [3.63, 3.8) is 0 Å². The van der Waals surface area contributed by atoms with Gasteiger partial charge >= 0.3 is 0 Å². The second kappa shape index (κ2) is 8.05. The van der Waals surface area contributed by atoms with E-state index in [1.54, 1.807) is 12.1 Å². The molecule has 0 aliphatic heterocycles. The molecular weight excluding hydrogens is 359 g/mol. The zero-order valence-electron chi connectivity index (χ0n) is 14.4. The van der Waals surface area contributed by atoms with E-state index in [2.05, 4.69) is 38.7 Å². The van der Waals surface area contributed by atoms with Gasteiger partial charge in [-0.3, -0.25) is 5.10 Å². The Kier molecular flexibility index (Phi) is 5.16. The van der Waals surface area contributed by atoms with E-state index in [1.807, 2.05) is 42.5 Å². The summed E-state index contributed by atoms with van der Waals surface area (Å²) in [4.78, 5) is 4.45. The number of para-hydroxylation sites is 1. The lowest BCUT2D eigenvalue weighted by molar-refractivity contribution is 0.617. The van der Waals surface area contributed by atoms with Crippen LogP contribution in [0.3, 0.4) is 0 Å². The summed E-state index contributed by atoms with van der Waals surface area (Å²) in [7, 11) is 0. The summed E-state index contributed by atoms with van der Waals surface area (Å²) >= 11 is 1.41. The minimum atomic E-state index is -0.209. The van der Waals surface area contributed by atoms with Crippen LogP contribution in [0.25, 0.3) is 11.1 Å². The number of H-pyrrole nitrogens is 1. The number of hydrogen-bond donors (Lipinski definition) is 2. The van der Waals surface area contributed by atoms with Crippen molar-refractivity contribution in [2.45, 2.75) is 10.9 Å². The molecule has 0 saturated carbocycles. The SMILES string of the molecule is Fc1ccccc1CSc1nc(Nc2ccccc2-c2ccccc2)n[nH]1. The number of hydrogen-bond acceptors (Lipinski definition) is 4. The van der Waals surface area contributed by atoms with E-state index in [0.29, 0.717) is 22.4 Å². The number of rotatable bonds is 6. The summed E-state index contributed by atoms with van der Waals surface area (Å²) in [5, 5.41) is 11.0. The summed E-state index contributed by atoms with van der Waals surface area (Å²) in [5.74, 6) is 0.760. The van der Waals surface area contributed by atoms with Gasteiger partial charge in [-0.15, -0.1) is 5.10 Å². The van der Waals surface area contributed by atoms with E-state index >= 15 is 0 Å². The minimum absolute atomic E-state index is 0.209. The maximum atomic E-state index is 13.7. The third kappa shape index (κ3) is 4.17. The van der Waals surface area contributed by atoms with E-state index in [9.17, 15) is 4.39 Å². The number of benzene rings is 3. The number of halogens is 1. The van der Waals surface area contributed by atoms with Crippen LogP contribution in [0.15, 0.2) is 84.0 Å². The van der Waals surface area contributed by atoms with Gasteiger partial charge in [-0.25, -0.2) is 4.39 Å². The molecule has 2 N–H and O–H groups in total. The molecule has 4 aromatic rings. The molecule has 0 aliphatic carbocycles. The molecule has 0 spiro atoms. The normalized spacial score (nSPS) is 10.7. The van der Waals surface area contributed by atoms with E-state index < -0.39 is 0 Å². The lowest BCUT2D eigenvalue weighted by atomic mass is 10.0. The third-order valence-electron chi connectivity index (χ3n) is 4.05. The quantitative estimate of drug-likeness (QED) is 0.427. The zero-order valence-corrected chi connectivity index (χ0v) is 15.2. The number of aromatic nitrogens is 3. The van der Waals surface area contributed by atoms with E-state index in [4.69, 9.17) is 0 Å². The molecule has 0 unspecified atom stereocenters. The van der Waals surface area contributed by atoms with Crippen molar-refractivity contribution < 1.29 is 4.39 Å². The van der Waals surface area contributed by atoms with Crippen molar-refractivity contribution in [3.8, 4) is 11.1 Å². The molecule has 6 heteroatoms. The predicted octanol–water partition coefficient (Wildman–Crippen LogP) is 5.65. The Hall–Kier alpha value is -3.12. The molecule has 0 amide bonds. The largest absolute Gasteiger partial charge is 0.322 e. The number of aromatic amines is 1. The van der Waals surface area contributed by atoms with E-state index in [0.717, 1.165) is 16.8 Å². The average Bonchev–Trinajstić information content (AvgIpc) is 3.16. The Bertz CT molecular complexity index is 1030. The molecule has 4 rings (SSSR count). The second-order valence-electron chi connectivity index (χ2n) is 5.88. The first-order valence-corrected chi connectivity index (χ1v) is 9.48. The fourth-order valence-electron chi connectivity index (χ4n) is 2.71. The Morgan fingerprint density at radius 1 is 0.889 bits per heavy atom. The lowest BCUT2D eigenvalue weighted by Crippen LogP contribution is -1.95. The Morgan fingerprint density at radius 2 is 1.63 bits per heavy atom. The number of nitrogens with zero attached hydrogens (tertiary/aromatic N) is 2. The molecule has 0 saturated heterocycles. The lowest BCUT2D eigenvalue weighted by Gasteiger charge is -2.09. The smallest absolute Gasteiger partial charge is 0.247 e. The fraction of sp³-hybridized carbons (Fsp3) is 0.0476. The number of thioether (sulfide) groups is 1. The Labute approximate surface area is 160 Å². The van der Waals surface area contributed by atoms with E-state index in [-0.39, 0.29) is 5.82 Å². The van der Waals surface area contributed by atoms with Gasteiger partial charge in [-0.2, -0.15) is 4.98 Å². The highest BCUT2D eigenvalue weighted by atomic mass is 32.2. The molecule has 3 aromatic carbocycles. The first-order chi connectivity index (χ1) is 13.3. The van der Waals surface area contributed by atoms with Gasteiger partial charge in [-0.1, -0.05) is 78.5 Å². The minimum Gasteiger partial charge on any atom is -0.322 e. The van der Waals surface area contributed by atoms with Crippen molar-refractivity contribution in [1.29, 1.82) is 0 Å². The van der Waals surface area contributed by atoms with Gasteiger partial charge in [0.05, 0.1) is 0 Å². The molecule has 1 heterocycles. The molecule has 0 fully saturated rings. The Balaban J connectivity index is 1.48. The Morgan fingerprint density at radius 3 is 2.48 bits per heavy atom. The maximum Gasteiger partial charge on any atom is 0.247 e. The summed E-state index contributed by atoms with van der Waals surface area (Å²) in [5.41, 5.74) is 3.75. The molecule has 0 atom stereocenters. The van der Waals surface area contributed by atoms with Gasteiger partial charge in [0, 0.05) is 17.0 Å². The summed E-state index contributed by atoms with van der Waals surface area (Å²) < 4.78 is 13.7. The van der Waals surface area contributed by atoms with Crippen LogP contribution in [0.4, 0.5) is 16.0 Å². The highest BCUT2D eigenvalue weighted by Crippen LogP contribution is 2.29. The summed E-state index contributed by atoms with van der Waals surface area (Å²) in [6, 6.07) is 24.9. The second-order valence-corrected chi connectivity index (χ2v) is 6.84. The molecule has 4 nitrogen and oxygen atoms in total. The number of nitrogens with one attached hydrogen (secondary N) is 2. The predicted molar refractivity (Wildman–Crippen MR) is 108 cm³/mol. The molecule has 27 heavy (non-hydrogen) atoms. The van der Waals surface area contributed by atoms with Gasteiger partial charge in [0.1, 0.15) is 5.82 Å². The first-order valence-electron chi connectivity index (χ1n) is 8.50. The van der Waals surface area contributed by atoms with Crippen molar-refractivity contribution in [2.24, 2.45) is 0 Å². The van der Waals surface area contributed by atoms with Gasteiger partial charge in [-0.05, 0) is 23.3 Å². The highest BCUT2D eigenvalue weighted by Gasteiger charge is 2.09. The van der Waals surface area contributed by atoms with Gasteiger partial charge in [0.25, 0.3) is 0 Å². The van der Waals surface area contributed by atoms with Crippen molar-refractivity contribution in [1.82, 2.24) is 15.2 Å². The van der Waals surface area contributed by atoms with E-state index in [1.165, 1.54) is 17.8 Å². The molecule has 1 aromatic heterocycles. The van der Waals surface area contributed by atoms with Gasteiger partial charge < -0.3 is 5.32 Å². The molecular formula is C21H17FN4S. The summed E-state index contributed by atoms with van der Waals surface area (Å²) in [6.07, 6.45) is 0. The standard InChI is InChI=1S/C21H17FN4S/c22-18-12-6-4-10-16(18)14-27-21-24-20(25-26-21)23-19-13-7-5-11-17(19)15-8-2-1-3-9-15/h1-13H,14H2,(H2,23,24,25,26). The topological polar surface area (TPSA) is 53.6 Å². The molecule has 134 valence electrons. The van der Waals surface area contributed by atoms with Crippen molar-refractivity contribution in [3.05, 3.63) is 90.2 Å². The van der Waals surface area contributed by atoms with Crippen molar-refractivity contribution >= 4 is 23.4 Å². The molecule has 0 aliphatic rings. The average molecular weight is 376 g/mol. The molecule has 0 radical (unpaired) electrons. The van der Waals surface area contributed by atoms with Crippen LogP contribution >= 0.6 is 11.8 Å². The monoisotopic (exact) mass is 376 g/mol. The maximum absolute atomic E-state index is 13.7. The van der Waals surface area contributed by atoms with Crippen LogP contribution in [0.1, 0.15) is 5.56 Å². The number of anilines is 2. The van der Waals surface area contributed by atoms with Crippen molar-refractivity contribution in [2.75, 3.05) is 5.32 Å². The van der Waals surface area contributed by atoms with Crippen LogP contribution in [0.5, 0.6) is 0 Å². The zero-order chi connectivity index (χ0) is 18.5. The van der Waals surface area contributed by atoms with Crippen LogP contribution in [0, 0.1) is 5.82 Å². The van der Waals surface area contributed by atoms with Crippen LogP contribution in [0.2, 0.25) is 0 Å². The molecule has 0 bridgehead atoms. The van der Waals surface area contributed by atoms with Crippen LogP contribution in [-0.4, -0.2) is 15.2 Å². The van der Waals surface area contributed by atoms with Crippen LogP contribution in [-0.2, 0) is 5.75 Å². The first kappa shape index (κ1) is 17.3. The fourth-order valence-corrected chi connectivity index (χ4v) is 3.50. The van der Waals surface area contributed by atoms with Gasteiger partial charge in [0.2, 0.25) is 5.95 Å². The third-order valence-corrected chi connectivity index (χ3v) is 4.96. The van der Waals surface area contributed by atoms with Gasteiger partial charge in [0.15, 0.2) is 5.16 Å². The highest BCUT2D eigenvalue weighted by molar-refractivity contribution is 7.98.